The third-order valence-electron chi connectivity index (χ3n) is 2.34. The van der Waals surface area contributed by atoms with E-state index in [4.69, 9.17) is 9.57 Å². The zero-order chi connectivity index (χ0) is 8.65. The van der Waals surface area contributed by atoms with E-state index in [2.05, 4.69) is 5.48 Å². The molecule has 3 heteroatoms. The van der Waals surface area contributed by atoms with Gasteiger partial charge in [-0.25, -0.2) is 5.48 Å². The minimum Gasteiger partial charge on any atom is -0.382 e. The summed E-state index contributed by atoms with van der Waals surface area (Å²) >= 11 is 0. The number of hydrogen-bond donors (Lipinski definition) is 1. The van der Waals surface area contributed by atoms with E-state index in [1.807, 2.05) is 0 Å². The maximum atomic E-state index is 5.16. The Hall–Kier alpha value is -0.120. The van der Waals surface area contributed by atoms with Gasteiger partial charge in [0.15, 0.2) is 0 Å². The lowest BCUT2D eigenvalue weighted by molar-refractivity contribution is 0.00117. The number of hydroxylamine groups is 1. The zero-order valence-electron chi connectivity index (χ0n) is 7.84. The molecule has 3 nitrogen and oxygen atoms in total. The van der Waals surface area contributed by atoms with Gasteiger partial charge in [0.1, 0.15) is 0 Å². The van der Waals surface area contributed by atoms with Gasteiger partial charge in [0, 0.05) is 13.7 Å². The second kappa shape index (κ2) is 6.40. The maximum Gasteiger partial charge on any atom is 0.0915 e. The standard InChI is InChI=1S/C9H19NO2/c1-11-6-7-12-10-8-9-4-2-3-5-9/h9-10H,2-8H2,1H3. The van der Waals surface area contributed by atoms with E-state index in [0.29, 0.717) is 13.2 Å². The highest BCUT2D eigenvalue weighted by atomic mass is 16.7. The third-order valence-corrected chi connectivity index (χ3v) is 2.34. The number of methoxy groups -OCH3 is 1. The van der Waals surface area contributed by atoms with E-state index in [-0.39, 0.29) is 0 Å². The van der Waals surface area contributed by atoms with Gasteiger partial charge in [0.05, 0.1) is 13.2 Å². The normalized spacial score (nSPS) is 18.8. The minimum absolute atomic E-state index is 0.642. The van der Waals surface area contributed by atoms with Crippen molar-refractivity contribution in [3.63, 3.8) is 0 Å². The fraction of sp³-hybridized carbons (Fsp3) is 1.00. The molecule has 1 rings (SSSR count). The van der Waals surface area contributed by atoms with Gasteiger partial charge in [-0.3, -0.25) is 4.84 Å². The van der Waals surface area contributed by atoms with Gasteiger partial charge < -0.3 is 4.74 Å². The van der Waals surface area contributed by atoms with Crippen LogP contribution in [0, 0.1) is 5.92 Å². The molecule has 0 amide bonds. The van der Waals surface area contributed by atoms with E-state index in [1.165, 1.54) is 25.7 Å². The van der Waals surface area contributed by atoms with Crippen LogP contribution in [0.15, 0.2) is 0 Å². The summed E-state index contributed by atoms with van der Waals surface area (Å²) in [4.78, 5) is 5.16. The average Bonchev–Trinajstić information content (AvgIpc) is 2.57. The Morgan fingerprint density at radius 3 is 2.67 bits per heavy atom. The Balaban J connectivity index is 1.81. The van der Waals surface area contributed by atoms with Crippen LogP contribution in [0.3, 0.4) is 0 Å². The van der Waals surface area contributed by atoms with E-state index in [9.17, 15) is 0 Å². The van der Waals surface area contributed by atoms with Gasteiger partial charge in [0.25, 0.3) is 0 Å². The molecule has 0 aliphatic heterocycles. The molecule has 0 aromatic carbocycles. The van der Waals surface area contributed by atoms with Gasteiger partial charge in [0.2, 0.25) is 0 Å². The lowest BCUT2D eigenvalue weighted by Crippen LogP contribution is -2.23. The van der Waals surface area contributed by atoms with Crippen LogP contribution in [-0.2, 0) is 9.57 Å². The second-order valence-corrected chi connectivity index (χ2v) is 3.34. The van der Waals surface area contributed by atoms with Gasteiger partial charge in [-0.15, -0.1) is 0 Å². The van der Waals surface area contributed by atoms with E-state index >= 15 is 0 Å². The molecule has 1 fully saturated rings. The van der Waals surface area contributed by atoms with Gasteiger partial charge >= 0.3 is 0 Å². The van der Waals surface area contributed by atoms with Crippen molar-refractivity contribution in [2.45, 2.75) is 25.7 Å². The lowest BCUT2D eigenvalue weighted by atomic mass is 10.1. The topological polar surface area (TPSA) is 30.5 Å². The predicted octanol–water partition coefficient (Wildman–Crippen LogP) is 1.34. The van der Waals surface area contributed by atoms with E-state index < -0.39 is 0 Å². The second-order valence-electron chi connectivity index (χ2n) is 3.34. The van der Waals surface area contributed by atoms with Gasteiger partial charge in [-0.05, 0) is 18.8 Å². The summed E-state index contributed by atoms with van der Waals surface area (Å²) in [6, 6.07) is 0. The molecule has 1 saturated carbocycles. The summed E-state index contributed by atoms with van der Waals surface area (Å²) in [6.07, 6.45) is 5.51. The smallest absolute Gasteiger partial charge is 0.0915 e. The van der Waals surface area contributed by atoms with Crippen LogP contribution in [0.5, 0.6) is 0 Å². The molecule has 1 aliphatic rings. The van der Waals surface area contributed by atoms with Crippen molar-refractivity contribution in [2.24, 2.45) is 5.92 Å². The fourth-order valence-electron chi connectivity index (χ4n) is 1.59. The minimum atomic E-state index is 0.642. The Kier molecular flexibility index (Phi) is 5.32. The third kappa shape index (κ3) is 4.04. The first-order valence-electron chi connectivity index (χ1n) is 4.77. The summed E-state index contributed by atoms with van der Waals surface area (Å²) in [6.45, 7) is 2.31. The molecule has 1 aliphatic carbocycles. The first-order chi connectivity index (χ1) is 5.93. The molecule has 0 bridgehead atoms. The van der Waals surface area contributed by atoms with Crippen LogP contribution in [0.1, 0.15) is 25.7 Å². The number of nitrogens with one attached hydrogen (secondary N) is 1. The fourth-order valence-corrected chi connectivity index (χ4v) is 1.59. The molecule has 0 heterocycles. The van der Waals surface area contributed by atoms with E-state index in [1.54, 1.807) is 7.11 Å². The Morgan fingerprint density at radius 1 is 1.25 bits per heavy atom. The van der Waals surface area contributed by atoms with Crippen LogP contribution in [-0.4, -0.2) is 26.9 Å². The average molecular weight is 173 g/mol. The molecule has 1 N–H and O–H groups in total. The molecule has 0 aromatic rings. The summed E-state index contributed by atoms with van der Waals surface area (Å²) in [5.41, 5.74) is 2.98. The Labute approximate surface area is 74.4 Å². The SMILES string of the molecule is COCCONCC1CCCC1. The molecule has 72 valence electrons. The van der Waals surface area contributed by atoms with Crippen LogP contribution < -0.4 is 5.48 Å². The highest BCUT2D eigenvalue weighted by Crippen LogP contribution is 2.23. The summed E-state index contributed by atoms with van der Waals surface area (Å²) in [7, 11) is 1.68. The molecular formula is C9H19NO2. The molecule has 0 radical (unpaired) electrons. The zero-order valence-corrected chi connectivity index (χ0v) is 7.84. The Bertz CT molecular complexity index is 103. The molecule has 0 unspecified atom stereocenters. The van der Waals surface area contributed by atoms with Gasteiger partial charge in [-0.1, -0.05) is 12.8 Å². The summed E-state index contributed by atoms with van der Waals surface area (Å²) in [5, 5.41) is 0. The van der Waals surface area contributed by atoms with Crippen molar-refractivity contribution < 1.29 is 9.57 Å². The quantitative estimate of drug-likeness (QED) is 0.486. The molecule has 0 atom stereocenters. The summed E-state index contributed by atoms with van der Waals surface area (Å²) < 4.78 is 4.85. The van der Waals surface area contributed by atoms with Crippen LogP contribution >= 0.6 is 0 Å². The van der Waals surface area contributed by atoms with Crippen molar-refractivity contribution in [3.8, 4) is 0 Å². The lowest BCUT2D eigenvalue weighted by Gasteiger charge is -2.09. The first kappa shape index (κ1) is 9.96. The van der Waals surface area contributed by atoms with Crippen molar-refractivity contribution in [2.75, 3.05) is 26.9 Å². The van der Waals surface area contributed by atoms with E-state index in [0.717, 1.165) is 12.5 Å². The van der Waals surface area contributed by atoms with Gasteiger partial charge in [-0.2, -0.15) is 0 Å². The van der Waals surface area contributed by atoms with Crippen LogP contribution in [0.25, 0.3) is 0 Å². The number of ether oxygens (including phenoxy) is 1. The largest absolute Gasteiger partial charge is 0.382 e. The predicted molar refractivity (Wildman–Crippen MR) is 47.8 cm³/mol. The van der Waals surface area contributed by atoms with Crippen molar-refractivity contribution in [1.82, 2.24) is 5.48 Å². The first-order valence-corrected chi connectivity index (χ1v) is 4.77. The van der Waals surface area contributed by atoms with Crippen molar-refractivity contribution in [3.05, 3.63) is 0 Å². The highest BCUT2D eigenvalue weighted by Gasteiger charge is 2.13. The highest BCUT2D eigenvalue weighted by molar-refractivity contribution is 4.67. The molecule has 0 spiro atoms. The Morgan fingerprint density at radius 2 is 2.00 bits per heavy atom. The molecular weight excluding hydrogens is 154 g/mol. The molecule has 12 heavy (non-hydrogen) atoms. The van der Waals surface area contributed by atoms with Crippen molar-refractivity contribution in [1.29, 1.82) is 0 Å². The van der Waals surface area contributed by atoms with Crippen LogP contribution in [0.2, 0.25) is 0 Å². The van der Waals surface area contributed by atoms with Crippen LogP contribution in [0.4, 0.5) is 0 Å². The maximum absolute atomic E-state index is 5.16. The number of rotatable bonds is 6. The monoisotopic (exact) mass is 173 g/mol. The molecule has 0 aromatic heterocycles. The van der Waals surface area contributed by atoms with Crippen molar-refractivity contribution >= 4 is 0 Å². The number of hydrogen-bond acceptors (Lipinski definition) is 3. The summed E-state index contributed by atoms with van der Waals surface area (Å²) in [5.74, 6) is 0.840. The molecule has 0 saturated heterocycles.